The second kappa shape index (κ2) is 11.3. The first-order chi connectivity index (χ1) is 16.9. The van der Waals surface area contributed by atoms with Crippen molar-refractivity contribution in [3.63, 3.8) is 0 Å². The van der Waals surface area contributed by atoms with Gasteiger partial charge in [0.05, 0.1) is 5.56 Å². The molecule has 2 saturated heterocycles. The number of hydrogen-bond donors (Lipinski definition) is 0. The van der Waals surface area contributed by atoms with Gasteiger partial charge in [0, 0.05) is 77.0 Å². The molecule has 0 radical (unpaired) electrons. The fourth-order valence-corrected chi connectivity index (χ4v) is 4.93. The van der Waals surface area contributed by atoms with Crippen LogP contribution in [-0.4, -0.2) is 76.3 Å². The molecule has 3 amide bonds. The highest BCUT2D eigenvalue weighted by Crippen LogP contribution is 2.24. The number of hydrogen-bond acceptors (Lipinski definition) is 4. The topological polar surface area (TPSA) is 82.9 Å². The molecule has 8 nitrogen and oxygen atoms in total. The molecule has 0 unspecified atom stereocenters. The van der Waals surface area contributed by atoms with Crippen molar-refractivity contribution in [3.8, 4) is 11.1 Å². The number of aryl methyl sites for hydroxylation is 1. The number of carbonyl (C=O) groups is 3. The molecule has 186 valence electrons. The summed E-state index contributed by atoms with van der Waals surface area (Å²) in [5, 5.41) is 0. The number of rotatable bonds is 10. The van der Waals surface area contributed by atoms with Crippen LogP contribution in [-0.2, 0) is 16.6 Å². The molecule has 1 aromatic heterocycles. The maximum absolute atomic E-state index is 13.8. The van der Waals surface area contributed by atoms with E-state index in [1.54, 1.807) is 13.2 Å². The Morgan fingerprint density at radius 2 is 1.46 bits per heavy atom. The molecular weight excluding hydrogens is 444 g/mol. The van der Waals surface area contributed by atoms with Gasteiger partial charge in [0.1, 0.15) is 0 Å². The second-order valence-corrected chi connectivity index (χ2v) is 9.38. The Labute approximate surface area is 206 Å². The molecule has 2 aliphatic rings. The van der Waals surface area contributed by atoms with E-state index in [2.05, 4.69) is 0 Å². The number of nitrogens with zero attached hydrogens (tertiary/aromatic N) is 4. The summed E-state index contributed by atoms with van der Waals surface area (Å²) in [6.07, 6.45) is 5.98. The number of likely N-dealkylation sites (tertiary alicyclic amines) is 2. The van der Waals surface area contributed by atoms with E-state index >= 15 is 0 Å². The van der Waals surface area contributed by atoms with Gasteiger partial charge in [-0.25, -0.2) is 0 Å². The molecule has 8 heteroatoms. The third-order valence-corrected chi connectivity index (χ3v) is 6.89. The highest BCUT2D eigenvalue weighted by Gasteiger charge is 2.24. The van der Waals surface area contributed by atoms with E-state index < -0.39 is 0 Å². The Morgan fingerprint density at radius 3 is 1.97 bits per heavy atom. The number of carbonyl (C=O) groups excluding carboxylic acids is 3. The van der Waals surface area contributed by atoms with E-state index in [0.717, 1.165) is 31.5 Å². The van der Waals surface area contributed by atoms with E-state index in [0.29, 0.717) is 63.0 Å². The minimum atomic E-state index is -0.174. The van der Waals surface area contributed by atoms with Gasteiger partial charge < -0.3 is 19.3 Å². The lowest BCUT2D eigenvalue weighted by molar-refractivity contribution is -0.128. The molecular formula is C27H34N4O4. The summed E-state index contributed by atoms with van der Waals surface area (Å²) < 4.78 is 1.43. The summed E-state index contributed by atoms with van der Waals surface area (Å²) in [5.74, 6) is 0.222. The lowest BCUT2D eigenvalue weighted by Gasteiger charge is -2.26. The Morgan fingerprint density at radius 1 is 0.886 bits per heavy atom. The van der Waals surface area contributed by atoms with Crippen LogP contribution in [0.2, 0.25) is 0 Å². The van der Waals surface area contributed by atoms with E-state index in [1.807, 2.05) is 45.0 Å². The van der Waals surface area contributed by atoms with Gasteiger partial charge in [-0.1, -0.05) is 30.3 Å². The number of pyridine rings is 1. The van der Waals surface area contributed by atoms with Crippen LogP contribution in [0.1, 0.15) is 48.9 Å². The van der Waals surface area contributed by atoms with Crippen LogP contribution in [0.4, 0.5) is 0 Å². The van der Waals surface area contributed by atoms with Crippen molar-refractivity contribution in [1.82, 2.24) is 19.3 Å². The van der Waals surface area contributed by atoms with Crippen LogP contribution in [0.25, 0.3) is 11.1 Å². The van der Waals surface area contributed by atoms with Crippen molar-refractivity contribution in [3.05, 3.63) is 58.5 Å². The molecule has 2 aliphatic heterocycles. The quantitative estimate of drug-likeness (QED) is 0.525. The van der Waals surface area contributed by atoms with Gasteiger partial charge in [-0.2, -0.15) is 0 Å². The molecule has 0 atom stereocenters. The molecule has 4 rings (SSSR count). The molecule has 0 aliphatic carbocycles. The van der Waals surface area contributed by atoms with Gasteiger partial charge in [-0.3, -0.25) is 19.2 Å². The van der Waals surface area contributed by atoms with Gasteiger partial charge in [-0.05, 0) is 31.2 Å². The molecule has 2 fully saturated rings. The van der Waals surface area contributed by atoms with E-state index in [-0.39, 0.29) is 23.3 Å². The van der Waals surface area contributed by atoms with Crippen LogP contribution < -0.4 is 5.56 Å². The van der Waals surface area contributed by atoms with Crippen LogP contribution in [0, 0.1) is 0 Å². The molecule has 3 heterocycles. The van der Waals surface area contributed by atoms with Crippen LogP contribution in [0.3, 0.4) is 0 Å². The van der Waals surface area contributed by atoms with Gasteiger partial charge in [0.25, 0.3) is 11.5 Å². The lowest BCUT2D eigenvalue weighted by Crippen LogP contribution is -2.38. The predicted molar refractivity (Wildman–Crippen MR) is 134 cm³/mol. The fourth-order valence-electron chi connectivity index (χ4n) is 4.93. The molecule has 1 aromatic carbocycles. The summed E-state index contributed by atoms with van der Waals surface area (Å²) in [5.41, 5.74) is 1.74. The fraction of sp³-hybridized carbons (Fsp3) is 0.481. The summed E-state index contributed by atoms with van der Waals surface area (Å²) >= 11 is 0. The van der Waals surface area contributed by atoms with Gasteiger partial charge >= 0.3 is 0 Å². The summed E-state index contributed by atoms with van der Waals surface area (Å²) in [6.45, 7) is 3.84. The Bertz CT molecular complexity index is 1100. The number of benzene rings is 1. The number of aromatic nitrogens is 1. The Balaban J connectivity index is 1.53. The van der Waals surface area contributed by atoms with Crippen LogP contribution in [0.15, 0.2) is 47.4 Å². The van der Waals surface area contributed by atoms with Gasteiger partial charge in [-0.15, -0.1) is 0 Å². The van der Waals surface area contributed by atoms with E-state index in [9.17, 15) is 19.2 Å². The number of amides is 3. The normalized spacial score (nSPS) is 15.8. The largest absolute Gasteiger partial charge is 0.343 e. The molecule has 0 saturated carbocycles. The third-order valence-electron chi connectivity index (χ3n) is 6.89. The van der Waals surface area contributed by atoms with Crippen molar-refractivity contribution < 1.29 is 14.4 Å². The first kappa shape index (κ1) is 24.7. The van der Waals surface area contributed by atoms with Crippen molar-refractivity contribution in [2.75, 3.05) is 39.3 Å². The smallest absolute Gasteiger partial charge is 0.255 e. The maximum atomic E-state index is 13.8. The van der Waals surface area contributed by atoms with Crippen molar-refractivity contribution in [2.45, 2.75) is 38.5 Å². The maximum Gasteiger partial charge on any atom is 0.255 e. The highest BCUT2D eigenvalue weighted by molar-refractivity contribution is 6.00. The summed E-state index contributed by atoms with van der Waals surface area (Å²) in [7, 11) is 1.65. The third kappa shape index (κ3) is 5.99. The summed E-state index contributed by atoms with van der Waals surface area (Å²) in [4.78, 5) is 55.8. The molecule has 2 aromatic rings. The average Bonchev–Trinajstić information content (AvgIpc) is 3.47. The molecule has 35 heavy (non-hydrogen) atoms. The van der Waals surface area contributed by atoms with E-state index in [1.165, 1.54) is 10.6 Å². The zero-order valence-corrected chi connectivity index (χ0v) is 20.4. The van der Waals surface area contributed by atoms with Crippen molar-refractivity contribution in [2.24, 2.45) is 7.05 Å². The second-order valence-electron chi connectivity index (χ2n) is 9.38. The van der Waals surface area contributed by atoms with Crippen LogP contribution in [0.5, 0.6) is 0 Å². The SMILES string of the molecule is Cn1cc(C(=O)N(CCCN2CCCC2=O)CCCN2CCCC2=O)c(-c2ccccc2)cc1=O. The van der Waals surface area contributed by atoms with Gasteiger partial charge in [0.2, 0.25) is 11.8 Å². The predicted octanol–water partition coefficient (Wildman–Crippen LogP) is 2.52. The zero-order valence-electron chi connectivity index (χ0n) is 20.4. The first-order valence-electron chi connectivity index (χ1n) is 12.5. The minimum absolute atomic E-state index is 0.139. The zero-order chi connectivity index (χ0) is 24.8. The summed E-state index contributed by atoms with van der Waals surface area (Å²) in [6, 6.07) is 11.0. The Hall–Kier alpha value is -3.42. The van der Waals surface area contributed by atoms with E-state index in [4.69, 9.17) is 0 Å². The lowest BCUT2D eigenvalue weighted by atomic mass is 10.0. The van der Waals surface area contributed by atoms with Crippen LogP contribution >= 0.6 is 0 Å². The van der Waals surface area contributed by atoms with Crippen molar-refractivity contribution >= 4 is 17.7 Å². The standard InChI is InChI=1S/C27H34N4O4/c1-28-20-23(22(19-26(28)34)21-9-3-2-4-10-21)27(35)31(17-7-15-29-13-5-11-24(29)32)18-8-16-30-14-6-12-25(30)33/h2-4,9-10,19-20H,5-8,11-18H2,1H3. The monoisotopic (exact) mass is 478 g/mol. The molecule has 0 spiro atoms. The average molecular weight is 479 g/mol. The molecule has 0 bridgehead atoms. The first-order valence-corrected chi connectivity index (χ1v) is 12.5. The van der Waals surface area contributed by atoms with Gasteiger partial charge in [0.15, 0.2) is 0 Å². The van der Waals surface area contributed by atoms with Crippen molar-refractivity contribution in [1.29, 1.82) is 0 Å². The molecule has 0 N–H and O–H groups in total. The Kier molecular flexibility index (Phi) is 8.00. The minimum Gasteiger partial charge on any atom is -0.343 e. The highest BCUT2D eigenvalue weighted by atomic mass is 16.2.